The molecule has 1 atom stereocenters. The van der Waals surface area contributed by atoms with Gasteiger partial charge in [-0.25, -0.2) is 4.79 Å². The Bertz CT molecular complexity index is 535. The van der Waals surface area contributed by atoms with Crippen molar-refractivity contribution in [1.82, 2.24) is 0 Å². The van der Waals surface area contributed by atoms with Crippen LogP contribution in [-0.4, -0.2) is 39.2 Å². The van der Waals surface area contributed by atoms with E-state index in [0.717, 1.165) is 19.2 Å². The molecule has 0 heterocycles. The number of hydrogen-bond donors (Lipinski definition) is 2. The van der Waals surface area contributed by atoms with E-state index >= 15 is 0 Å². The van der Waals surface area contributed by atoms with Gasteiger partial charge in [0.15, 0.2) is 6.10 Å². The summed E-state index contributed by atoms with van der Waals surface area (Å²) in [5.74, 6) is -2.07. The van der Waals surface area contributed by atoms with Gasteiger partial charge in [-0.3, -0.25) is 20.2 Å². The Hall–Kier alpha value is -2.75. The van der Waals surface area contributed by atoms with Gasteiger partial charge in [-0.1, -0.05) is 0 Å². The number of rotatable bonds is 5. The Morgan fingerprint density at radius 1 is 1.30 bits per heavy atom. The number of phenols is 1. The first kappa shape index (κ1) is 15.3. The Kier molecular flexibility index (Phi) is 4.54. The van der Waals surface area contributed by atoms with Gasteiger partial charge in [-0.05, 0) is 5.56 Å². The van der Waals surface area contributed by atoms with Crippen molar-refractivity contribution >= 4 is 17.3 Å². The first-order valence-corrected chi connectivity index (χ1v) is 5.18. The number of aliphatic hydroxyl groups excluding tert-OH is 1. The van der Waals surface area contributed by atoms with Gasteiger partial charge in [0.2, 0.25) is 0 Å². The smallest absolute Gasteiger partial charge is 0.335 e. The van der Waals surface area contributed by atoms with E-state index in [-0.39, 0.29) is 5.56 Å². The van der Waals surface area contributed by atoms with Crippen molar-refractivity contribution in [2.75, 3.05) is 7.11 Å². The Balaban J connectivity index is 3.24. The molecule has 0 aliphatic rings. The average molecular weight is 286 g/mol. The van der Waals surface area contributed by atoms with Crippen LogP contribution in [0.25, 0.3) is 0 Å². The minimum absolute atomic E-state index is 0.0564. The number of ether oxygens (including phenoxy) is 1. The van der Waals surface area contributed by atoms with Crippen molar-refractivity contribution < 1.29 is 29.6 Å². The van der Waals surface area contributed by atoms with Crippen molar-refractivity contribution in [1.29, 1.82) is 0 Å². The summed E-state index contributed by atoms with van der Waals surface area (Å²) >= 11 is 0. The van der Waals surface area contributed by atoms with E-state index in [1.165, 1.54) is 0 Å². The summed E-state index contributed by atoms with van der Waals surface area (Å²) in [6.45, 7) is 0. The molecule has 0 radical (unpaired) electrons. The molecule has 2 N–H and O–H groups in total. The predicted octanol–water partition coefficient (Wildman–Crippen LogP) is 0.285. The van der Waals surface area contributed by atoms with Crippen molar-refractivity contribution in [2.45, 2.75) is 12.5 Å². The highest BCUT2D eigenvalue weighted by Crippen LogP contribution is 2.36. The average Bonchev–Trinajstić information content (AvgIpc) is 2.38. The number of nitro groups is 2. The maximum absolute atomic E-state index is 11.0. The molecule has 0 bridgehead atoms. The van der Waals surface area contributed by atoms with E-state index in [1.54, 1.807) is 0 Å². The van der Waals surface area contributed by atoms with Crippen LogP contribution in [0.15, 0.2) is 12.1 Å². The van der Waals surface area contributed by atoms with Gasteiger partial charge in [0.25, 0.3) is 5.75 Å². The maximum Gasteiger partial charge on any atom is 0.335 e. The minimum Gasteiger partial charge on any atom is -0.497 e. The van der Waals surface area contributed by atoms with Crippen LogP contribution < -0.4 is 0 Å². The van der Waals surface area contributed by atoms with Gasteiger partial charge >= 0.3 is 17.3 Å². The molecule has 1 aromatic rings. The molecule has 108 valence electrons. The second-order valence-corrected chi connectivity index (χ2v) is 3.74. The standard InChI is InChI=1S/C10H10N2O8/c1-20-10(15)8(13)4-5-2-6(11(16)17)9(14)7(3-5)12(18)19/h2-3,8,13-14H,4H2,1H3/t8-/m1/s1. The largest absolute Gasteiger partial charge is 0.497 e. The Labute approximate surface area is 111 Å². The molecule has 1 aromatic carbocycles. The number of benzene rings is 1. The Morgan fingerprint density at radius 3 is 2.10 bits per heavy atom. The molecule has 0 saturated carbocycles. The normalized spacial score (nSPS) is 11.7. The number of nitro benzene ring substituents is 2. The highest BCUT2D eigenvalue weighted by molar-refractivity contribution is 5.74. The number of carbonyl (C=O) groups excluding carboxylic acids is 1. The number of hydrogen-bond acceptors (Lipinski definition) is 8. The van der Waals surface area contributed by atoms with E-state index in [1.807, 2.05) is 0 Å². The molecule has 20 heavy (non-hydrogen) atoms. The highest BCUT2D eigenvalue weighted by atomic mass is 16.6. The maximum atomic E-state index is 11.0. The number of aromatic hydroxyl groups is 1. The number of aliphatic hydroxyl groups is 1. The molecule has 0 spiro atoms. The van der Waals surface area contributed by atoms with E-state index in [9.17, 15) is 35.2 Å². The lowest BCUT2D eigenvalue weighted by Crippen LogP contribution is -2.24. The zero-order valence-electron chi connectivity index (χ0n) is 10.2. The van der Waals surface area contributed by atoms with E-state index in [0.29, 0.717) is 0 Å². The van der Waals surface area contributed by atoms with Crippen LogP contribution in [0, 0.1) is 20.2 Å². The molecule has 10 heteroatoms. The molecule has 0 saturated heterocycles. The number of methoxy groups -OCH3 is 1. The van der Waals surface area contributed by atoms with Crippen LogP contribution in [0.2, 0.25) is 0 Å². The lowest BCUT2D eigenvalue weighted by molar-refractivity contribution is -0.396. The third-order valence-corrected chi connectivity index (χ3v) is 2.43. The number of carbonyl (C=O) groups is 1. The summed E-state index contributed by atoms with van der Waals surface area (Å²) in [7, 11) is 1.03. The van der Waals surface area contributed by atoms with Gasteiger partial charge in [-0.15, -0.1) is 0 Å². The third kappa shape index (κ3) is 3.17. The fourth-order valence-electron chi connectivity index (χ4n) is 1.50. The van der Waals surface area contributed by atoms with E-state index in [4.69, 9.17) is 0 Å². The lowest BCUT2D eigenvalue weighted by atomic mass is 10.1. The quantitative estimate of drug-likeness (QED) is 0.444. The lowest BCUT2D eigenvalue weighted by Gasteiger charge is -2.08. The molecule has 10 nitrogen and oxygen atoms in total. The molecule has 0 aromatic heterocycles. The number of phenolic OH excluding ortho intramolecular Hbond substituents is 1. The molecule has 0 aliphatic heterocycles. The second-order valence-electron chi connectivity index (χ2n) is 3.74. The van der Waals surface area contributed by atoms with Gasteiger partial charge in [0, 0.05) is 18.6 Å². The molecule has 0 amide bonds. The molecule has 1 rings (SSSR count). The fraction of sp³-hybridized carbons (Fsp3) is 0.300. The van der Waals surface area contributed by atoms with E-state index < -0.39 is 45.5 Å². The van der Waals surface area contributed by atoms with E-state index in [2.05, 4.69) is 4.74 Å². The van der Waals surface area contributed by atoms with Crippen LogP contribution >= 0.6 is 0 Å². The molecule has 0 aliphatic carbocycles. The van der Waals surface area contributed by atoms with Crippen molar-refractivity contribution in [3.05, 3.63) is 37.9 Å². The monoisotopic (exact) mass is 286 g/mol. The SMILES string of the molecule is COC(=O)[C@H](O)Cc1cc([N+](=O)[O-])c(O)c([N+](=O)[O-])c1. The zero-order chi connectivity index (χ0) is 15.4. The van der Waals surface area contributed by atoms with Crippen molar-refractivity contribution in [3.63, 3.8) is 0 Å². The summed E-state index contributed by atoms with van der Waals surface area (Å²) in [6.07, 6.45) is -2.04. The van der Waals surface area contributed by atoms with Crippen LogP contribution in [0.3, 0.4) is 0 Å². The van der Waals surface area contributed by atoms with Gasteiger partial charge in [-0.2, -0.15) is 0 Å². The third-order valence-electron chi connectivity index (χ3n) is 2.43. The minimum atomic E-state index is -1.62. The van der Waals surface area contributed by atoms with Gasteiger partial charge in [0.05, 0.1) is 17.0 Å². The molecular formula is C10H10N2O8. The van der Waals surface area contributed by atoms with Crippen LogP contribution in [-0.2, 0) is 16.0 Å². The van der Waals surface area contributed by atoms with Gasteiger partial charge < -0.3 is 14.9 Å². The topological polar surface area (TPSA) is 153 Å². The van der Waals surface area contributed by atoms with Crippen LogP contribution in [0.5, 0.6) is 5.75 Å². The fourth-order valence-corrected chi connectivity index (χ4v) is 1.50. The summed E-state index contributed by atoms with van der Waals surface area (Å²) in [5.41, 5.74) is -1.82. The zero-order valence-corrected chi connectivity index (χ0v) is 10.2. The van der Waals surface area contributed by atoms with Gasteiger partial charge in [0.1, 0.15) is 0 Å². The molecular weight excluding hydrogens is 276 g/mol. The second kappa shape index (κ2) is 5.93. The van der Waals surface area contributed by atoms with Crippen LogP contribution in [0.1, 0.15) is 5.56 Å². The summed E-state index contributed by atoms with van der Waals surface area (Å²) < 4.78 is 4.26. The summed E-state index contributed by atoms with van der Waals surface area (Å²) in [4.78, 5) is 30.4. The van der Waals surface area contributed by atoms with Crippen molar-refractivity contribution in [3.8, 4) is 5.75 Å². The first-order valence-electron chi connectivity index (χ1n) is 5.18. The predicted molar refractivity (Wildman–Crippen MR) is 63.1 cm³/mol. The van der Waals surface area contributed by atoms with Crippen LogP contribution in [0.4, 0.5) is 11.4 Å². The summed E-state index contributed by atoms with van der Waals surface area (Å²) in [5, 5.41) is 40.2. The van der Waals surface area contributed by atoms with Crippen molar-refractivity contribution in [2.24, 2.45) is 0 Å². The first-order chi connectivity index (χ1) is 9.27. The number of nitrogens with zero attached hydrogens (tertiary/aromatic N) is 2. The molecule has 0 fully saturated rings. The molecule has 0 unspecified atom stereocenters. The summed E-state index contributed by atoms with van der Waals surface area (Å²) in [6, 6.07) is 1.68. The Morgan fingerprint density at radius 2 is 1.75 bits per heavy atom. The highest BCUT2D eigenvalue weighted by Gasteiger charge is 2.27. The number of esters is 1.